The third-order valence-corrected chi connectivity index (χ3v) is 2.73. The average molecular weight is 295 g/mol. The predicted octanol–water partition coefficient (Wildman–Crippen LogP) is 2.04. The van der Waals surface area contributed by atoms with Crippen LogP contribution in [0.15, 0.2) is 18.2 Å². The molecule has 21 heavy (non-hydrogen) atoms. The monoisotopic (exact) mass is 295 g/mol. The highest BCUT2D eigenvalue weighted by Crippen LogP contribution is 2.09. The first kappa shape index (κ1) is 16.6. The maximum Gasteiger partial charge on any atom is 0.328 e. The minimum atomic E-state index is -0.915. The van der Waals surface area contributed by atoms with E-state index in [0.29, 0.717) is 18.9 Å². The number of benzene rings is 1. The quantitative estimate of drug-likeness (QED) is 0.496. The first-order chi connectivity index (χ1) is 9.97. The number of terminal acetylenes is 1. The standard InChI is InChI=1S/C15H15F2NO3/c1-3-4-5-6-13(15(20)21-2)18-14(19)10-7-11(16)9-12(17)8-10/h1,7-9,13H,4-6H2,2H3,(H,18,19)/t13-/m0/s1. The second-order valence-corrected chi connectivity index (χ2v) is 4.30. The maximum absolute atomic E-state index is 13.1. The van der Waals surface area contributed by atoms with Gasteiger partial charge in [0.05, 0.1) is 7.11 Å². The molecule has 0 bridgehead atoms. The number of methoxy groups -OCH3 is 1. The largest absolute Gasteiger partial charge is 0.467 e. The number of rotatable bonds is 6. The Hall–Kier alpha value is -2.42. The van der Waals surface area contributed by atoms with Crippen molar-refractivity contribution in [3.63, 3.8) is 0 Å². The van der Waals surface area contributed by atoms with Crippen molar-refractivity contribution in [2.75, 3.05) is 7.11 Å². The molecule has 0 aliphatic rings. The molecule has 0 aliphatic heterocycles. The van der Waals surface area contributed by atoms with Gasteiger partial charge in [0.1, 0.15) is 17.7 Å². The van der Waals surface area contributed by atoms with E-state index in [9.17, 15) is 18.4 Å². The van der Waals surface area contributed by atoms with Crippen molar-refractivity contribution >= 4 is 11.9 Å². The number of halogens is 2. The summed E-state index contributed by atoms with van der Waals surface area (Å²) in [6, 6.07) is 1.51. The Morgan fingerprint density at radius 3 is 2.48 bits per heavy atom. The average Bonchev–Trinajstić information content (AvgIpc) is 2.44. The molecular formula is C15H15F2NO3. The summed E-state index contributed by atoms with van der Waals surface area (Å²) in [6.45, 7) is 0. The fourth-order valence-corrected chi connectivity index (χ4v) is 1.73. The zero-order valence-corrected chi connectivity index (χ0v) is 11.5. The SMILES string of the molecule is C#CCCC[C@H](NC(=O)c1cc(F)cc(F)c1)C(=O)OC. The second kappa shape index (κ2) is 8.00. The topological polar surface area (TPSA) is 55.4 Å². The Balaban J connectivity index is 2.79. The molecule has 0 unspecified atom stereocenters. The predicted molar refractivity (Wildman–Crippen MR) is 72.3 cm³/mol. The zero-order chi connectivity index (χ0) is 15.8. The molecule has 0 aliphatic carbocycles. The molecule has 6 heteroatoms. The molecule has 0 aromatic heterocycles. The summed E-state index contributed by atoms with van der Waals surface area (Å²) in [4.78, 5) is 23.5. The lowest BCUT2D eigenvalue weighted by atomic mass is 10.1. The van der Waals surface area contributed by atoms with Gasteiger partial charge in [0.2, 0.25) is 0 Å². The molecule has 112 valence electrons. The van der Waals surface area contributed by atoms with Crippen molar-refractivity contribution in [3.05, 3.63) is 35.4 Å². The molecule has 4 nitrogen and oxygen atoms in total. The molecule has 0 spiro atoms. The lowest BCUT2D eigenvalue weighted by Crippen LogP contribution is -2.41. The van der Waals surface area contributed by atoms with Crippen molar-refractivity contribution < 1.29 is 23.1 Å². The third-order valence-electron chi connectivity index (χ3n) is 2.73. The Morgan fingerprint density at radius 2 is 1.95 bits per heavy atom. The normalized spacial score (nSPS) is 11.3. The lowest BCUT2D eigenvalue weighted by Gasteiger charge is -2.16. The molecular weight excluding hydrogens is 280 g/mol. The van der Waals surface area contributed by atoms with Gasteiger partial charge in [-0.25, -0.2) is 13.6 Å². The molecule has 1 rings (SSSR count). The molecule has 0 radical (unpaired) electrons. The first-order valence-corrected chi connectivity index (χ1v) is 6.26. The van der Waals surface area contributed by atoms with Crippen LogP contribution in [0.5, 0.6) is 0 Å². The van der Waals surface area contributed by atoms with Gasteiger partial charge in [-0.1, -0.05) is 0 Å². The third kappa shape index (κ3) is 5.22. The van der Waals surface area contributed by atoms with Crippen LogP contribution < -0.4 is 5.32 Å². The summed E-state index contributed by atoms with van der Waals surface area (Å²) in [6.07, 6.45) is 6.34. The molecule has 0 saturated heterocycles. The molecule has 1 atom stereocenters. The molecule has 1 N–H and O–H groups in total. The van der Waals surface area contributed by atoms with E-state index in [2.05, 4.69) is 16.0 Å². The number of esters is 1. The maximum atomic E-state index is 13.1. The molecule has 0 saturated carbocycles. The van der Waals surface area contributed by atoms with Crippen LogP contribution in [0.1, 0.15) is 29.6 Å². The van der Waals surface area contributed by atoms with Crippen LogP contribution in [-0.2, 0) is 9.53 Å². The minimum absolute atomic E-state index is 0.210. The summed E-state index contributed by atoms with van der Waals surface area (Å²) in [7, 11) is 1.19. The van der Waals surface area contributed by atoms with Crippen molar-refractivity contribution in [2.24, 2.45) is 0 Å². The summed E-state index contributed by atoms with van der Waals surface area (Å²) in [5, 5.41) is 2.38. The number of nitrogens with one attached hydrogen (secondary N) is 1. The molecule has 0 fully saturated rings. The smallest absolute Gasteiger partial charge is 0.328 e. The van der Waals surface area contributed by atoms with Gasteiger partial charge in [-0.05, 0) is 25.0 Å². The van der Waals surface area contributed by atoms with Gasteiger partial charge < -0.3 is 10.1 Å². The highest BCUT2D eigenvalue weighted by atomic mass is 19.1. The Bertz CT molecular complexity index is 546. The number of carbonyl (C=O) groups excluding carboxylic acids is 2. The Morgan fingerprint density at radius 1 is 1.33 bits per heavy atom. The first-order valence-electron chi connectivity index (χ1n) is 6.26. The number of hydrogen-bond acceptors (Lipinski definition) is 3. The Kier molecular flexibility index (Phi) is 6.34. The van der Waals surface area contributed by atoms with Gasteiger partial charge in [0, 0.05) is 18.1 Å². The number of amides is 1. The van der Waals surface area contributed by atoms with Crippen LogP contribution in [0.25, 0.3) is 0 Å². The molecule has 1 amide bonds. The summed E-state index contributed by atoms with van der Waals surface area (Å²) in [5.74, 6) is -0.731. The number of ether oxygens (including phenoxy) is 1. The fourth-order valence-electron chi connectivity index (χ4n) is 1.73. The van der Waals surface area contributed by atoms with E-state index in [1.807, 2.05) is 0 Å². The fraction of sp³-hybridized carbons (Fsp3) is 0.333. The van der Waals surface area contributed by atoms with Gasteiger partial charge in [-0.2, -0.15) is 0 Å². The number of hydrogen-bond donors (Lipinski definition) is 1. The van der Waals surface area contributed by atoms with Crippen LogP contribution in [0, 0.1) is 24.0 Å². The van der Waals surface area contributed by atoms with E-state index >= 15 is 0 Å². The van der Waals surface area contributed by atoms with Crippen LogP contribution in [-0.4, -0.2) is 25.0 Å². The van der Waals surface area contributed by atoms with E-state index in [4.69, 9.17) is 6.42 Å². The van der Waals surface area contributed by atoms with Crippen LogP contribution in [0.4, 0.5) is 8.78 Å². The van der Waals surface area contributed by atoms with Gasteiger partial charge in [0.25, 0.3) is 5.91 Å². The van der Waals surface area contributed by atoms with Crippen molar-refractivity contribution in [2.45, 2.75) is 25.3 Å². The lowest BCUT2D eigenvalue weighted by molar-refractivity contribution is -0.143. The number of carbonyl (C=O) groups is 2. The van der Waals surface area contributed by atoms with E-state index < -0.39 is 29.6 Å². The van der Waals surface area contributed by atoms with E-state index in [-0.39, 0.29) is 12.0 Å². The molecule has 1 aromatic rings. The highest BCUT2D eigenvalue weighted by Gasteiger charge is 2.22. The van der Waals surface area contributed by atoms with Gasteiger partial charge in [-0.3, -0.25) is 4.79 Å². The van der Waals surface area contributed by atoms with Crippen molar-refractivity contribution in [1.82, 2.24) is 5.32 Å². The van der Waals surface area contributed by atoms with Gasteiger partial charge >= 0.3 is 5.97 Å². The molecule has 1 aromatic carbocycles. The van der Waals surface area contributed by atoms with Crippen molar-refractivity contribution in [3.8, 4) is 12.3 Å². The summed E-state index contributed by atoms with van der Waals surface area (Å²) >= 11 is 0. The molecule has 0 heterocycles. The number of unbranched alkanes of at least 4 members (excludes halogenated alkanes) is 1. The van der Waals surface area contributed by atoms with E-state index in [1.54, 1.807) is 0 Å². The van der Waals surface area contributed by atoms with Crippen LogP contribution in [0.2, 0.25) is 0 Å². The summed E-state index contributed by atoms with van der Waals surface area (Å²) < 4.78 is 30.7. The zero-order valence-electron chi connectivity index (χ0n) is 11.5. The second-order valence-electron chi connectivity index (χ2n) is 4.30. The van der Waals surface area contributed by atoms with Crippen molar-refractivity contribution in [1.29, 1.82) is 0 Å². The minimum Gasteiger partial charge on any atom is -0.467 e. The Labute approximate surface area is 121 Å². The van der Waals surface area contributed by atoms with Crippen LogP contribution >= 0.6 is 0 Å². The van der Waals surface area contributed by atoms with Gasteiger partial charge in [-0.15, -0.1) is 12.3 Å². The highest BCUT2D eigenvalue weighted by molar-refractivity contribution is 5.96. The van der Waals surface area contributed by atoms with Gasteiger partial charge in [0.15, 0.2) is 0 Å². The van der Waals surface area contributed by atoms with E-state index in [0.717, 1.165) is 12.1 Å². The summed E-state index contributed by atoms with van der Waals surface area (Å²) in [5.41, 5.74) is -0.210. The van der Waals surface area contributed by atoms with E-state index in [1.165, 1.54) is 7.11 Å². The van der Waals surface area contributed by atoms with Crippen LogP contribution in [0.3, 0.4) is 0 Å².